The Balaban J connectivity index is 2.07. The van der Waals surface area contributed by atoms with E-state index in [4.69, 9.17) is 4.74 Å². The fourth-order valence-electron chi connectivity index (χ4n) is 2.69. The quantitative estimate of drug-likeness (QED) is 0.407. The van der Waals surface area contributed by atoms with Crippen molar-refractivity contribution < 1.29 is 9.53 Å². The molecule has 2 heterocycles. The third-order valence-corrected chi connectivity index (χ3v) is 4.93. The molecule has 7 nitrogen and oxygen atoms in total. The molecule has 25 heavy (non-hydrogen) atoms. The van der Waals surface area contributed by atoms with Gasteiger partial charge in [-0.25, -0.2) is 4.68 Å². The monoisotopic (exact) mass is 365 g/mol. The van der Waals surface area contributed by atoms with E-state index in [2.05, 4.69) is 20.1 Å². The zero-order valence-corrected chi connectivity index (χ0v) is 16.7. The standard InChI is InChI=1S/C17H27N5O2S/c1-12-10-14(13(2)21(12)8-7-9-24-6)15(23)11-25-16-18-19-20-22(16)17(3,4)5/h10H,7-9,11H2,1-6H3. The number of tetrazole rings is 1. The molecule has 0 aliphatic heterocycles. The Morgan fingerprint density at radius 1 is 1.32 bits per heavy atom. The van der Waals surface area contributed by atoms with Crippen molar-refractivity contribution in [2.45, 2.75) is 58.3 Å². The summed E-state index contributed by atoms with van der Waals surface area (Å²) in [5, 5.41) is 12.5. The van der Waals surface area contributed by atoms with E-state index < -0.39 is 0 Å². The highest BCUT2D eigenvalue weighted by Gasteiger charge is 2.22. The number of hydrogen-bond acceptors (Lipinski definition) is 6. The molecular weight excluding hydrogens is 338 g/mol. The van der Waals surface area contributed by atoms with Gasteiger partial charge >= 0.3 is 0 Å². The van der Waals surface area contributed by atoms with Gasteiger partial charge in [0.1, 0.15) is 0 Å². The fraction of sp³-hybridized carbons (Fsp3) is 0.647. The van der Waals surface area contributed by atoms with Crippen molar-refractivity contribution in [3.05, 3.63) is 23.0 Å². The van der Waals surface area contributed by atoms with Gasteiger partial charge in [-0.15, -0.1) is 5.10 Å². The normalized spacial score (nSPS) is 11.9. The first kappa shape index (κ1) is 19.7. The Kier molecular flexibility index (Phi) is 6.40. The van der Waals surface area contributed by atoms with Crippen LogP contribution in [-0.2, 0) is 16.8 Å². The fourth-order valence-corrected chi connectivity index (χ4v) is 3.63. The molecule has 0 bridgehead atoms. The second-order valence-corrected chi connectivity index (χ2v) is 7.98. The number of Topliss-reactive ketones (excluding diaryl/α,β-unsaturated/α-hetero) is 1. The van der Waals surface area contributed by atoms with E-state index >= 15 is 0 Å². The second-order valence-electron chi connectivity index (χ2n) is 7.04. The number of methoxy groups -OCH3 is 1. The van der Waals surface area contributed by atoms with Gasteiger partial charge in [-0.1, -0.05) is 11.8 Å². The van der Waals surface area contributed by atoms with Crippen LogP contribution >= 0.6 is 11.8 Å². The van der Waals surface area contributed by atoms with E-state index in [1.54, 1.807) is 11.8 Å². The average Bonchev–Trinajstić information content (AvgIpc) is 3.12. The molecule has 2 rings (SSSR count). The lowest BCUT2D eigenvalue weighted by molar-refractivity contribution is 0.102. The molecule has 138 valence electrons. The highest BCUT2D eigenvalue weighted by atomic mass is 32.2. The number of nitrogens with zero attached hydrogens (tertiary/aromatic N) is 5. The number of carbonyl (C=O) groups is 1. The zero-order chi connectivity index (χ0) is 18.6. The number of thioether (sulfide) groups is 1. The Morgan fingerprint density at radius 3 is 2.68 bits per heavy atom. The van der Waals surface area contributed by atoms with Gasteiger partial charge in [0, 0.05) is 37.2 Å². The van der Waals surface area contributed by atoms with E-state index in [1.807, 2.05) is 40.7 Å². The molecule has 0 amide bonds. The topological polar surface area (TPSA) is 74.8 Å². The van der Waals surface area contributed by atoms with E-state index in [9.17, 15) is 4.79 Å². The van der Waals surface area contributed by atoms with E-state index in [1.165, 1.54) is 11.8 Å². The summed E-state index contributed by atoms with van der Waals surface area (Å²) < 4.78 is 9.04. The van der Waals surface area contributed by atoms with Crippen molar-refractivity contribution in [1.29, 1.82) is 0 Å². The summed E-state index contributed by atoms with van der Waals surface area (Å²) in [6.07, 6.45) is 0.926. The SMILES string of the molecule is COCCCn1c(C)cc(C(=O)CSc2nnnn2C(C)(C)C)c1C. The van der Waals surface area contributed by atoms with Gasteiger partial charge in [0.25, 0.3) is 0 Å². The van der Waals surface area contributed by atoms with Gasteiger partial charge in [0.2, 0.25) is 5.16 Å². The van der Waals surface area contributed by atoms with E-state index in [0.29, 0.717) is 17.5 Å². The van der Waals surface area contributed by atoms with Gasteiger partial charge < -0.3 is 9.30 Å². The van der Waals surface area contributed by atoms with Crippen molar-refractivity contribution in [2.24, 2.45) is 0 Å². The Bertz CT molecular complexity index is 730. The van der Waals surface area contributed by atoms with Crippen molar-refractivity contribution in [3.63, 3.8) is 0 Å². The van der Waals surface area contributed by atoms with Crippen LogP contribution in [0.4, 0.5) is 0 Å². The van der Waals surface area contributed by atoms with Gasteiger partial charge in [-0.05, 0) is 57.5 Å². The minimum Gasteiger partial charge on any atom is -0.385 e. The first-order valence-corrected chi connectivity index (χ1v) is 9.34. The number of hydrogen-bond donors (Lipinski definition) is 0. The number of aromatic nitrogens is 5. The number of carbonyl (C=O) groups excluding carboxylic acids is 1. The number of aryl methyl sites for hydroxylation is 1. The molecule has 0 fully saturated rings. The molecule has 0 aliphatic carbocycles. The van der Waals surface area contributed by atoms with E-state index in [-0.39, 0.29) is 11.3 Å². The van der Waals surface area contributed by atoms with Gasteiger partial charge in [-0.2, -0.15) is 0 Å². The van der Waals surface area contributed by atoms with Crippen molar-refractivity contribution in [1.82, 2.24) is 24.8 Å². The summed E-state index contributed by atoms with van der Waals surface area (Å²) in [7, 11) is 1.70. The average molecular weight is 366 g/mol. The van der Waals surface area contributed by atoms with Crippen molar-refractivity contribution in [2.75, 3.05) is 19.5 Å². The number of rotatable bonds is 8. The molecule has 0 aromatic carbocycles. The predicted octanol–water partition coefficient (Wildman–Crippen LogP) is 2.86. The smallest absolute Gasteiger partial charge is 0.210 e. The predicted molar refractivity (Wildman–Crippen MR) is 98.3 cm³/mol. The van der Waals surface area contributed by atoms with Crippen molar-refractivity contribution in [3.8, 4) is 0 Å². The van der Waals surface area contributed by atoms with Crippen LogP contribution in [0.25, 0.3) is 0 Å². The lowest BCUT2D eigenvalue weighted by Gasteiger charge is -2.19. The first-order valence-electron chi connectivity index (χ1n) is 8.36. The largest absolute Gasteiger partial charge is 0.385 e. The Labute approximate surface area is 153 Å². The molecule has 0 saturated heterocycles. The third-order valence-electron chi connectivity index (χ3n) is 4.01. The van der Waals surface area contributed by atoms with Crippen LogP contribution < -0.4 is 0 Å². The maximum Gasteiger partial charge on any atom is 0.210 e. The molecule has 2 aromatic rings. The molecule has 0 radical (unpaired) electrons. The van der Waals surface area contributed by atoms with Crippen LogP contribution in [0.2, 0.25) is 0 Å². The molecule has 0 aliphatic rings. The lowest BCUT2D eigenvalue weighted by atomic mass is 10.1. The van der Waals surface area contributed by atoms with Crippen LogP contribution in [0.5, 0.6) is 0 Å². The highest BCUT2D eigenvalue weighted by Crippen LogP contribution is 2.24. The number of ether oxygens (including phenoxy) is 1. The minimum absolute atomic E-state index is 0.0968. The van der Waals surface area contributed by atoms with Gasteiger partial charge in [0.15, 0.2) is 5.78 Å². The minimum atomic E-state index is -0.216. The summed E-state index contributed by atoms with van der Waals surface area (Å²) in [5.74, 6) is 0.415. The highest BCUT2D eigenvalue weighted by molar-refractivity contribution is 7.99. The molecule has 0 N–H and O–H groups in total. The number of ketones is 1. The summed E-state index contributed by atoms with van der Waals surface area (Å²) in [6.45, 7) is 11.7. The Morgan fingerprint density at radius 2 is 2.04 bits per heavy atom. The molecule has 0 atom stereocenters. The van der Waals surface area contributed by atoms with Crippen LogP contribution in [0.3, 0.4) is 0 Å². The molecule has 8 heteroatoms. The summed E-state index contributed by atoms with van der Waals surface area (Å²) in [4.78, 5) is 12.7. The maximum absolute atomic E-state index is 12.7. The van der Waals surface area contributed by atoms with Crippen LogP contribution in [0, 0.1) is 13.8 Å². The molecule has 0 spiro atoms. The Hall–Kier alpha value is -1.67. The molecule has 2 aromatic heterocycles. The maximum atomic E-state index is 12.7. The van der Waals surface area contributed by atoms with E-state index in [0.717, 1.165) is 29.9 Å². The van der Waals surface area contributed by atoms with Crippen LogP contribution in [0.15, 0.2) is 11.2 Å². The van der Waals surface area contributed by atoms with Crippen molar-refractivity contribution >= 4 is 17.5 Å². The van der Waals surface area contributed by atoms with Gasteiger partial charge in [0.05, 0.1) is 11.3 Å². The van der Waals surface area contributed by atoms with Crippen LogP contribution in [0.1, 0.15) is 48.9 Å². The third kappa shape index (κ3) is 4.70. The summed E-state index contributed by atoms with van der Waals surface area (Å²) >= 11 is 1.38. The second kappa shape index (κ2) is 8.14. The van der Waals surface area contributed by atoms with Gasteiger partial charge in [-0.3, -0.25) is 4.79 Å². The zero-order valence-electron chi connectivity index (χ0n) is 15.9. The summed E-state index contributed by atoms with van der Waals surface area (Å²) in [5.41, 5.74) is 2.67. The first-order chi connectivity index (χ1) is 11.8. The molecular formula is C17H27N5O2S. The molecule has 0 saturated carbocycles. The lowest BCUT2D eigenvalue weighted by Crippen LogP contribution is -2.24. The van der Waals surface area contributed by atoms with Crippen LogP contribution in [-0.4, -0.2) is 50.0 Å². The molecule has 0 unspecified atom stereocenters. The summed E-state index contributed by atoms with van der Waals surface area (Å²) in [6, 6.07) is 1.97.